The van der Waals surface area contributed by atoms with Gasteiger partial charge in [-0.1, -0.05) is 22.0 Å². The highest BCUT2D eigenvalue weighted by atomic mass is 79.9. The Balaban J connectivity index is 2.59. The van der Waals surface area contributed by atoms with Crippen molar-refractivity contribution in [3.8, 4) is 5.75 Å². The summed E-state index contributed by atoms with van der Waals surface area (Å²) in [6.07, 6.45) is 0. The third-order valence-corrected chi connectivity index (χ3v) is 3.99. The fourth-order valence-corrected chi connectivity index (χ4v) is 2.48. The number of methoxy groups -OCH3 is 1. The van der Waals surface area contributed by atoms with E-state index < -0.39 is 5.82 Å². The molecule has 0 heterocycles. The van der Waals surface area contributed by atoms with Crippen LogP contribution in [0.1, 0.15) is 27.0 Å². The van der Waals surface area contributed by atoms with E-state index in [0.29, 0.717) is 15.8 Å². The zero-order valence-corrected chi connectivity index (χ0v) is 13.0. The van der Waals surface area contributed by atoms with Crippen LogP contribution in [0.25, 0.3) is 0 Å². The van der Waals surface area contributed by atoms with E-state index in [4.69, 9.17) is 4.74 Å². The van der Waals surface area contributed by atoms with E-state index in [-0.39, 0.29) is 11.3 Å². The van der Waals surface area contributed by atoms with Crippen LogP contribution in [0, 0.1) is 19.7 Å². The normalized spacial score (nSPS) is 10.4. The molecule has 2 nitrogen and oxygen atoms in total. The van der Waals surface area contributed by atoms with Gasteiger partial charge in [0.05, 0.1) is 12.7 Å². The van der Waals surface area contributed by atoms with Crippen molar-refractivity contribution in [2.75, 3.05) is 7.11 Å². The number of hydrogen-bond donors (Lipinski definition) is 0. The average Bonchev–Trinajstić information content (AvgIpc) is 2.43. The van der Waals surface area contributed by atoms with Gasteiger partial charge in [0.2, 0.25) is 0 Å². The monoisotopic (exact) mass is 336 g/mol. The number of aryl methyl sites for hydroxylation is 1. The molecule has 0 aliphatic carbocycles. The van der Waals surface area contributed by atoms with Gasteiger partial charge in [-0.25, -0.2) is 4.39 Å². The summed E-state index contributed by atoms with van der Waals surface area (Å²) in [5, 5.41) is 0. The van der Waals surface area contributed by atoms with Crippen molar-refractivity contribution in [3.05, 3.63) is 62.9 Å². The molecule has 0 fully saturated rings. The van der Waals surface area contributed by atoms with Crippen molar-refractivity contribution in [1.82, 2.24) is 0 Å². The van der Waals surface area contributed by atoms with Crippen LogP contribution in [-0.4, -0.2) is 12.9 Å². The standard InChI is InChI=1S/C16H14BrFO2/c1-9-4-6-12(16(20-3)10(9)2)15(19)13-8-11(18)5-7-14(13)17/h4-8H,1-3H3. The summed E-state index contributed by atoms with van der Waals surface area (Å²) in [4.78, 5) is 12.6. The molecule has 0 saturated carbocycles. The quantitative estimate of drug-likeness (QED) is 0.774. The van der Waals surface area contributed by atoms with Crippen molar-refractivity contribution < 1.29 is 13.9 Å². The lowest BCUT2D eigenvalue weighted by atomic mass is 9.97. The Morgan fingerprint density at radius 3 is 2.50 bits per heavy atom. The first-order valence-electron chi connectivity index (χ1n) is 6.09. The smallest absolute Gasteiger partial charge is 0.198 e. The fraction of sp³-hybridized carbons (Fsp3) is 0.188. The van der Waals surface area contributed by atoms with E-state index in [2.05, 4.69) is 15.9 Å². The molecule has 2 aromatic carbocycles. The van der Waals surface area contributed by atoms with Crippen molar-refractivity contribution in [3.63, 3.8) is 0 Å². The molecule has 0 atom stereocenters. The topological polar surface area (TPSA) is 26.3 Å². The maximum atomic E-state index is 13.3. The molecule has 2 rings (SSSR count). The van der Waals surface area contributed by atoms with Crippen molar-refractivity contribution in [2.24, 2.45) is 0 Å². The molecule has 0 unspecified atom stereocenters. The third kappa shape index (κ3) is 2.61. The van der Waals surface area contributed by atoms with Crippen LogP contribution in [0.3, 0.4) is 0 Å². The van der Waals surface area contributed by atoms with E-state index in [1.54, 1.807) is 6.07 Å². The second kappa shape index (κ2) is 5.75. The molecule has 0 N–H and O–H groups in total. The molecule has 0 saturated heterocycles. The van der Waals surface area contributed by atoms with Gasteiger partial charge in [0.25, 0.3) is 0 Å². The molecule has 0 aromatic heterocycles. The van der Waals surface area contributed by atoms with Crippen LogP contribution >= 0.6 is 15.9 Å². The molecule has 0 radical (unpaired) electrons. The molecule has 20 heavy (non-hydrogen) atoms. The molecule has 0 aliphatic rings. The van der Waals surface area contributed by atoms with E-state index in [0.717, 1.165) is 11.1 Å². The summed E-state index contributed by atoms with van der Waals surface area (Å²) in [5.41, 5.74) is 2.66. The number of halogens is 2. The van der Waals surface area contributed by atoms with Gasteiger partial charge < -0.3 is 4.74 Å². The molecule has 0 bridgehead atoms. The van der Waals surface area contributed by atoms with Crippen molar-refractivity contribution in [1.29, 1.82) is 0 Å². The van der Waals surface area contributed by atoms with Gasteiger partial charge in [-0.05, 0) is 49.2 Å². The van der Waals surface area contributed by atoms with Gasteiger partial charge in [0, 0.05) is 10.0 Å². The maximum absolute atomic E-state index is 13.3. The van der Waals surface area contributed by atoms with E-state index in [1.165, 1.54) is 25.3 Å². The highest BCUT2D eigenvalue weighted by Crippen LogP contribution is 2.30. The third-order valence-electron chi connectivity index (χ3n) is 3.30. The zero-order chi connectivity index (χ0) is 14.9. The Bertz CT molecular complexity index is 680. The first kappa shape index (κ1) is 14.7. The van der Waals surface area contributed by atoms with E-state index in [9.17, 15) is 9.18 Å². The Labute approximate surface area is 125 Å². The van der Waals surface area contributed by atoms with E-state index in [1.807, 2.05) is 19.9 Å². The lowest BCUT2D eigenvalue weighted by Crippen LogP contribution is -2.07. The lowest BCUT2D eigenvalue weighted by molar-refractivity contribution is 0.103. The Morgan fingerprint density at radius 2 is 1.85 bits per heavy atom. The molecule has 0 aliphatic heterocycles. The van der Waals surface area contributed by atoms with Crippen LogP contribution in [0.2, 0.25) is 0 Å². The Morgan fingerprint density at radius 1 is 1.15 bits per heavy atom. The van der Waals surface area contributed by atoms with Crippen LogP contribution in [0.5, 0.6) is 5.75 Å². The summed E-state index contributed by atoms with van der Waals surface area (Å²) in [7, 11) is 1.53. The number of ether oxygens (including phenoxy) is 1. The van der Waals surface area contributed by atoms with Crippen LogP contribution in [0.4, 0.5) is 4.39 Å². The molecule has 2 aromatic rings. The van der Waals surface area contributed by atoms with Crippen LogP contribution < -0.4 is 4.74 Å². The number of carbonyl (C=O) groups is 1. The molecular formula is C16H14BrFO2. The second-order valence-corrected chi connectivity index (χ2v) is 5.40. The summed E-state index contributed by atoms with van der Waals surface area (Å²) in [6, 6.07) is 7.62. The Hall–Kier alpha value is -1.68. The van der Waals surface area contributed by atoms with Gasteiger partial charge in [-0.3, -0.25) is 4.79 Å². The number of benzene rings is 2. The SMILES string of the molecule is COc1c(C(=O)c2cc(F)ccc2Br)ccc(C)c1C. The summed E-state index contributed by atoms with van der Waals surface area (Å²) < 4.78 is 19.2. The van der Waals surface area contributed by atoms with Gasteiger partial charge in [0.15, 0.2) is 5.78 Å². The van der Waals surface area contributed by atoms with E-state index >= 15 is 0 Å². The van der Waals surface area contributed by atoms with Crippen molar-refractivity contribution >= 4 is 21.7 Å². The van der Waals surface area contributed by atoms with Crippen LogP contribution in [-0.2, 0) is 0 Å². The van der Waals surface area contributed by atoms with Crippen LogP contribution in [0.15, 0.2) is 34.8 Å². The predicted octanol–water partition coefficient (Wildman–Crippen LogP) is 4.44. The molecule has 0 amide bonds. The largest absolute Gasteiger partial charge is 0.496 e. The Kier molecular flexibility index (Phi) is 4.23. The molecule has 4 heteroatoms. The first-order chi connectivity index (χ1) is 9.45. The summed E-state index contributed by atoms with van der Waals surface area (Å²) >= 11 is 3.28. The van der Waals surface area contributed by atoms with Crippen molar-refractivity contribution in [2.45, 2.75) is 13.8 Å². The van der Waals surface area contributed by atoms with Gasteiger partial charge >= 0.3 is 0 Å². The summed E-state index contributed by atoms with van der Waals surface area (Å²) in [6.45, 7) is 3.84. The predicted molar refractivity (Wildman–Crippen MR) is 80.0 cm³/mol. The molecule has 104 valence electrons. The van der Waals surface area contributed by atoms with Gasteiger partial charge in [-0.15, -0.1) is 0 Å². The summed E-state index contributed by atoms with van der Waals surface area (Å²) in [5.74, 6) is -0.179. The minimum atomic E-state index is -0.445. The highest BCUT2D eigenvalue weighted by Gasteiger charge is 2.19. The average molecular weight is 337 g/mol. The number of hydrogen-bond acceptors (Lipinski definition) is 2. The fourth-order valence-electron chi connectivity index (χ4n) is 2.05. The highest BCUT2D eigenvalue weighted by molar-refractivity contribution is 9.10. The zero-order valence-electron chi connectivity index (χ0n) is 11.5. The number of ketones is 1. The lowest BCUT2D eigenvalue weighted by Gasteiger charge is -2.13. The maximum Gasteiger partial charge on any atom is 0.198 e. The number of carbonyl (C=O) groups excluding carboxylic acids is 1. The second-order valence-electron chi connectivity index (χ2n) is 4.54. The number of rotatable bonds is 3. The van der Waals surface area contributed by atoms with Gasteiger partial charge in [0.1, 0.15) is 11.6 Å². The minimum Gasteiger partial charge on any atom is -0.496 e. The first-order valence-corrected chi connectivity index (χ1v) is 6.89. The minimum absolute atomic E-state index is 0.267. The molecular weight excluding hydrogens is 323 g/mol. The molecule has 0 spiro atoms. The van der Waals surface area contributed by atoms with Gasteiger partial charge in [-0.2, -0.15) is 0 Å².